The zero-order valence-electron chi connectivity index (χ0n) is 11.9. The summed E-state index contributed by atoms with van der Waals surface area (Å²) in [7, 11) is 3.71. The number of amides is 1. The normalized spacial score (nSPS) is 17.0. The number of aryl methyl sites for hydroxylation is 2. The van der Waals surface area contributed by atoms with Crippen LogP contribution >= 0.6 is 27.7 Å². The molecule has 1 amide bonds. The summed E-state index contributed by atoms with van der Waals surface area (Å²) >= 11 is 5.22. The molecule has 2 heterocycles. The number of hydrogen-bond acceptors (Lipinski definition) is 4. The quantitative estimate of drug-likeness (QED) is 0.876. The highest BCUT2D eigenvalue weighted by Gasteiger charge is 2.30. The number of nitrogens with zero attached hydrogens (tertiary/aromatic N) is 2. The Kier molecular flexibility index (Phi) is 3.81. The van der Waals surface area contributed by atoms with Gasteiger partial charge in [0.1, 0.15) is 6.04 Å². The van der Waals surface area contributed by atoms with Gasteiger partial charge in [0.25, 0.3) is 0 Å². The van der Waals surface area contributed by atoms with E-state index in [-0.39, 0.29) is 11.9 Å². The molecule has 0 saturated heterocycles. The van der Waals surface area contributed by atoms with Gasteiger partial charge >= 0.3 is 0 Å². The number of halogens is 1. The maximum absolute atomic E-state index is 11.9. The van der Waals surface area contributed by atoms with Crippen molar-refractivity contribution in [1.82, 2.24) is 15.1 Å². The molecule has 2 N–H and O–H groups in total. The van der Waals surface area contributed by atoms with Gasteiger partial charge in [-0.05, 0) is 48.1 Å². The van der Waals surface area contributed by atoms with Crippen LogP contribution in [0.2, 0.25) is 0 Å². The Hall–Kier alpha value is -1.31. The number of fused-ring (bicyclic) bond motifs is 1. The van der Waals surface area contributed by atoms with E-state index >= 15 is 0 Å². The molecular weight excluding hydrogens is 352 g/mol. The first-order valence-corrected chi connectivity index (χ1v) is 8.10. The first-order chi connectivity index (χ1) is 9.99. The second-order valence-corrected chi connectivity index (χ2v) is 6.85. The molecule has 0 fully saturated rings. The first kappa shape index (κ1) is 14.6. The van der Waals surface area contributed by atoms with Crippen molar-refractivity contribution >= 4 is 39.3 Å². The minimum absolute atomic E-state index is 0.0158. The average molecular weight is 367 g/mol. The van der Waals surface area contributed by atoms with Gasteiger partial charge in [-0.1, -0.05) is 11.8 Å². The average Bonchev–Trinajstić information content (AvgIpc) is 2.89. The van der Waals surface area contributed by atoms with E-state index in [1.165, 1.54) is 0 Å². The van der Waals surface area contributed by atoms with E-state index in [4.69, 9.17) is 0 Å². The molecule has 1 unspecified atom stereocenters. The van der Waals surface area contributed by atoms with Crippen molar-refractivity contribution in [2.45, 2.75) is 22.9 Å². The van der Waals surface area contributed by atoms with Crippen molar-refractivity contribution in [1.29, 1.82) is 0 Å². The van der Waals surface area contributed by atoms with Crippen molar-refractivity contribution in [2.75, 3.05) is 12.4 Å². The summed E-state index contributed by atoms with van der Waals surface area (Å²) in [5.41, 5.74) is 2.82. The molecule has 7 heteroatoms. The minimum Gasteiger partial charge on any atom is -0.324 e. The first-order valence-electron chi connectivity index (χ1n) is 6.49. The third-order valence-corrected chi connectivity index (χ3v) is 5.46. The molecule has 1 aliphatic rings. The molecule has 2 aromatic rings. The van der Waals surface area contributed by atoms with Crippen molar-refractivity contribution in [3.05, 3.63) is 33.9 Å². The van der Waals surface area contributed by atoms with Crippen molar-refractivity contribution in [2.24, 2.45) is 7.05 Å². The van der Waals surface area contributed by atoms with Gasteiger partial charge in [-0.3, -0.25) is 9.48 Å². The molecule has 0 bridgehead atoms. The number of carbonyl (C=O) groups excluding carboxylic acids is 1. The largest absolute Gasteiger partial charge is 0.324 e. The van der Waals surface area contributed by atoms with E-state index in [0.29, 0.717) is 0 Å². The van der Waals surface area contributed by atoms with Gasteiger partial charge in [0.15, 0.2) is 0 Å². The molecular formula is C14H15BrN4OS. The fourth-order valence-corrected chi connectivity index (χ4v) is 3.99. The highest BCUT2D eigenvalue weighted by molar-refractivity contribution is 9.10. The van der Waals surface area contributed by atoms with Crippen LogP contribution in [0.25, 0.3) is 0 Å². The van der Waals surface area contributed by atoms with E-state index < -0.39 is 0 Å². The lowest BCUT2D eigenvalue weighted by atomic mass is 10.1. The summed E-state index contributed by atoms with van der Waals surface area (Å²) in [5, 5.41) is 11.3. The standard InChI is InChI=1S/C14H15BrN4OS/c1-7-4-12(19(3)18-7)21-11-6-10-8(5-9(11)15)13(16-2)14(20)17-10/h4-6,13,16H,1-3H3,(H,17,20). The zero-order valence-corrected chi connectivity index (χ0v) is 14.3. The van der Waals surface area contributed by atoms with Crippen LogP contribution < -0.4 is 10.6 Å². The molecule has 110 valence electrons. The van der Waals surface area contributed by atoms with E-state index in [9.17, 15) is 4.79 Å². The van der Waals surface area contributed by atoms with Gasteiger partial charge in [-0.2, -0.15) is 5.10 Å². The second kappa shape index (κ2) is 5.47. The lowest BCUT2D eigenvalue weighted by Crippen LogP contribution is -2.23. The van der Waals surface area contributed by atoms with Crippen LogP contribution in [0.1, 0.15) is 17.3 Å². The van der Waals surface area contributed by atoms with Crippen LogP contribution in [0.5, 0.6) is 0 Å². The van der Waals surface area contributed by atoms with Crippen molar-refractivity contribution in [3.63, 3.8) is 0 Å². The Morgan fingerprint density at radius 2 is 2.19 bits per heavy atom. The van der Waals surface area contributed by atoms with Gasteiger partial charge in [0.05, 0.1) is 10.7 Å². The minimum atomic E-state index is -0.283. The summed E-state index contributed by atoms with van der Waals surface area (Å²) < 4.78 is 2.83. The highest BCUT2D eigenvalue weighted by atomic mass is 79.9. The molecule has 1 aromatic heterocycles. The number of likely N-dealkylation sites (N-methyl/N-ethyl adjacent to an activating group) is 1. The lowest BCUT2D eigenvalue weighted by Gasteiger charge is -2.10. The SMILES string of the molecule is CNC1C(=O)Nc2cc(Sc3cc(C)nn3C)c(Br)cc21. The summed E-state index contributed by atoms with van der Waals surface area (Å²) in [6.45, 7) is 1.97. The van der Waals surface area contributed by atoms with Crippen LogP contribution in [-0.2, 0) is 11.8 Å². The molecule has 0 aliphatic carbocycles. The van der Waals surface area contributed by atoms with E-state index in [1.54, 1.807) is 18.8 Å². The van der Waals surface area contributed by atoms with E-state index in [2.05, 4.69) is 31.7 Å². The molecule has 0 saturated carbocycles. The Bertz CT molecular complexity index is 728. The number of rotatable bonds is 3. The zero-order chi connectivity index (χ0) is 15.1. The van der Waals surface area contributed by atoms with Gasteiger partial charge in [0.2, 0.25) is 5.91 Å². The van der Waals surface area contributed by atoms with Crippen LogP contribution in [-0.4, -0.2) is 22.7 Å². The lowest BCUT2D eigenvalue weighted by molar-refractivity contribution is -0.117. The molecule has 1 aliphatic heterocycles. The maximum Gasteiger partial charge on any atom is 0.246 e. The molecule has 0 radical (unpaired) electrons. The smallest absolute Gasteiger partial charge is 0.246 e. The summed E-state index contributed by atoms with van der Waals surface area (Å²) in [6.07, 6.45) is 0. The van der Waals surface area contributed by atoms with Crippen LogP contribution in [0, 0.1) is 6.92 Å². The van der Waals surface area contributed by atoms with Gasteiger partial charge in [0, 0.05) is 27.7 Å². The predicted octanol–water partition coefficient (Wildman–Crippen LogP) is 2.85. The number of benzene rings is 1. The number of hydrogen-bond donors (Lipinski definition) is 2. The van der Waals surface area contributed by atoms with E-state index in [1.807, 2.05) is 36.9 Å². The molecule has 5 nitrogen and oxygen atoms in total. The molecule has 21 heavy (non-hydrogen) atoms. The predicted molar refractivity (Wildman–Crippen MR) is 86.6 cm³/mol. The maximum atomic E-state index is 11.9. The third kappa shape index (κ3) is 2.61. The Balaban J connectivity index is 1.97. The molecule has 3 rings (SSSR count). The Morgan fingerprint density at radius 1 is 1.43 bits per heavy atom. The van der Waals surface area contributed by atoms with Crippen molar-refractivity contribution in [3.8, 4) is 0 Å². The Morgan fingerprint density at radius 3 is 2.81 bits per heavy atom. The topological polar surface area (TPSA) is 59.0 Å². The fraction of sp³-hybridized carbons (Fsp3) is 0.286. The second-order valence-electron chi connectivity index (χ2n) is 4.93. The molecule has 1 atom stereocenters. The summed E-state index contributed by atoms with van der Waals surface area (Å²) in [5.74, 6) is -0.0158. The van der Waals surface area contributed by atoms with E-state index in [0.717, 1.165) is 31.3 Å². The summed E-state index contributed by atoms with van der Waals surface area (Å²) in [6, 6.07) is 5.76. The number of carbonyl (C=O) groups is 1. The fourth-order valence-electron chi connectivity index (χ4n) is 2.42. The summed E-state index contributed by atoms with van der Waals surface area (Å²) in [4.78, 5) is 12.9. The molecule has 0 spiro atoms. The van der Waals surface area contributed by atoms with Gasteiger partial charge in [-0.25, -0.2) is 0 Å². The van der Waals surface area contributed by atoms with Crippen molar-refractivity contribution < 1.29 is 4.79 Å². The number of nitrogens with one attached hydrogen (secondary N) is 2. The number of anilines is 1. The van der Waals surface area contributed by atoms with Crippen LogP contribution in [0.3, 0.4) is 0 Å². The van der Waals surface area contributed by atoms with Crippen LogP contribution in [0.4, 0.5) is 5.69 Å². The third-order valence-electron chi connectivity index (χ3n) is 3.40. The highest BCUT2D eigenvalue weighted by Crippen LogP contribution is 2.41. The van der Waals surface area contributed by atoms with Gasteiger partial charge in [-0.15, -0.1) is 0 Å². The Labute approximate surface area is 135 Å². The number of aromatic nitrogens is 2. The van der Waals surface area contributed by atoms with Gasteiger partial charge < -0.3 is 10.6 Å². The molecule has 1 aromatic carbocycles. The van der Waals surface area contributed by atoms with Crippen LogP contribution in [0.15, 0.2) is 32.6 Å². The monoisotopic (exact) mass is 366 g/mol.